The standard InChI is InChI=1S/C40H57N5O9S/c1-24(2)52-34-20-33(30-17-18-32(51-7)25(3)35(30)43-34)53-28-19-27-22-41-40(37(47)44-55(49,50)29-15-16-29)21-26(40)13-11-9-8-10-12-14-31(36(46)45(27)23-28)42-38(48)54-39(4,5)6/h11,13,17-18,20,24,26-29,31,41H,8-10,12,14-16,19,21-23H2,1-7H3,(H,42,48)(H,44,47). The molecule has 15 heteroatoms. The fourth-order valence-corrected chi connectivity index (χ4v) is 8.95. The topological polar surface area (TPSA) is 174 Å². The van der Waals surface area contributed by atoms with Crippen LogP contribution in [0, 0.1) is 12.8 Å². The minimum Gasteiger partial charge on any atom is -0.496 e. The summed E-state index contributed by atoms with van der Waals surface area (Å²) >= 11 is 0. The van der Waals surface area contributed by atoms with Gasteiger partial charge in [-0.15, -0.1) is 0 Å². The molecular formula is C40H57N5O9S. The molecule has 2 aromatic rings. The Labute approximate surface area is 324 Å². The summed E-state index contributed by atoms with van der Waals surface area (Å²) in [7, 11) is -2.17. The van der Waals surface area contributed by atoms with E-state index in [1.54, 1.807) is 38.8 Å². The molecule has 55 heavy (non-hydrogen) atoms. The van der Waals surface area contributed by atoms with Crippen LogP contribution >= 0.6 is 0 Å². The van der Waals surface area contributed by atoms with Gasteiger partial charge in [-0.05, 0) is 92.2 Å². The molecule has 5 unspecified atom stereocenters. The van der Waals surface area contributed by atoms with Crippen LogP contribution in [0.1, 0.15) is 98.0 Å². The summed E-state index contributed by atoms with van der Waals surface area (Å²) in [6.07, 6.45) is 8.26. The lowest BCUT2D eigenvalue weighted by atomic mass is 10.1. The lowest BCUT2D eigenvalue weighted by Crippen LogP contribution is -2.56. The van der Waals surface area contributed by atoms with Gasteiger partial charge in [-0.25, -0.2) is 18.2 Å². The first-order valence-electron chi connectivity index (χ1n) is 19.6. The van der Waals surface area contributed by atoms with Gasteiger partial charge in [-0.2, -0.15) is 0 Å². The van der Waals surface area contributed by atoms with Gasteiger partial charge >= 0.3 is 6.09 Å². The minimum absolute atomic E-state index is 0.140. The zero-order valence-electron chi connectivity index (χ0n) is 33.1. The smallest absolute Gasteiger partial charge is 0.408 e. The second-order valence-corrected chi connectivity index (χ2v) is 18.6. The van der Waals surface area contributed by atoms with Crippen molar-refractivity contribution < 1.29 is 41.7 Å². The summed E-state index contributed by atoms with van der Waals surface area (Å²) in [6, 6.07) is 4.21. The Morgan fingerprint density at radius 1 is 1.09 bits per heavy atom. The molecule has 1 aromatic heterocycles. The molecule has 0 spiro atoms. The predicted molar refractivity (Wildman–Crippen MR) is 208 cm³/mol. The highest BCUT2D eigenvalue weighted by Crippen LogP contribution is 2.46. The number of pyridine rings is 1. The first-order chi connectivity index (χ1) is 26.0. The van der Waals surface area contributed by atoms with Crippen molar-refractivity contribution in [2.75, 3.05) is 20.2 Å². The Morgan fingerprint density at radius 2 is 1.85 bits per heavy atom. The van der Waals surface area contributed by atoms with Crippen molar-refractivity contribution in [1.82, 2.24) is 25.2 Å². The number of benzene rings is 1. The fraction of sp³-hybridized carbons (Fsp3) is 0.650. The number of alkyl carbamates (subject to hydrolysis) is 1. The fourth-order valence-electron chi connectivity index (χ4n) is 7.58. The number of methoxy groups -OCH3 is 1. The van der Waals surface area contributed by atoms with Gasteiger partial charge in [-0.3, -0.25) is 14.3 Å². The zero-order chi connectivity index (χ0) is 39.7. The Balaban J connectivity index is 1.32. The summed E-state index contributed by atoms with van der Waals surface area (Å²) in [5, 5.41) is 6.50. The third-order valence-electron chi connectivity index (χ3n) is 10.6. The molecular weight excluding hydrogens is 727 g/mol. The number of sulfonamides is 1. The number of nitrogens with one attached hydrogen (secondary N) is 3. The van der Waals surface area contributed by atoms with Crippen LogP contribution in [-0.2, 0) is 24.3 Å². The van der Waals surface area contributed by atoms with Gasteiger partial charge in [0.05, 0.1) is 30.5 Å². The maximum absolute atomic E-state index is 14.6. The van der Waals surface area contributed by atoms with Crippen LogP contribution in [0.5, 0.6) is 17.4 Å². The quantitative estimate of drug-likeness (QED) is 0.290. The lowest BCUT2D eigenvalue weighted by molar-refractivity contribution is -0.134. The first kappa shape index (κ1) is 40.6. The molecule has 5 atom stereocenters. The van der Waals surface area contributed by atoms with Crippen LogP contribution < -0.4 is 29.6 Å². The summed E-state index contributed by atoms with van der Waals surface area (Å²) in [6.45, 7) is 11.5. The van der Waals surface area contributed by atoms with Gasteiger partial charge in [0.1, 0.15) is 34.8 Å². The Hall–Kier alpha value is -4.11. The number of nitrogens with zero attached hydrogens (tertiary/aromatic N) is 2. The van der Waals surface area contributed by atoms with Crippen molar-refractivity contribution in [3.8, 4) is 17.4 Å². The first-order valence-corrected chi connectivity index (χ1v) is 21.1. The highest BCUT2D eigenvalue weighted by Gasteiger charge is 2.60. The zero-order valence-corrected chi connectivity index (χ0v) is 33.9. The van der Waals surface area contributed by atoms with Crippen molar-refractivity contribution in [3.05, 3.63) is 35.9 Å². The van der Waals surface area contributed by atoms with Gasteiger partial charge in [0.15, 0.2) is 0 Å². The van der Waals surface area contributed by atoms with E-state index in [0.29, 0.717) is 61.4 Å². The van der Waals surface area contributed by atoms with Gasteiger partial charge in [0, 0.05) is 41.9 Å². The molecule has 3 amide bonds. The van der Waals surface area contributed by atoms with E-state index in [1.165, 1.54) is 0 Å². The second kappa shape index (κ2) is 16.2. The van der Waals surface area contributed by atoms with Gasteiger partial charge in [0.25, 0.3) is 5.91 Å². The highest BCUT2D eigenvalue weighted by molar-refractivity contribution is 7.91. The number of hydrogen-bond donors (Lipinski definition) is 3. The Bertz CT molecular complexity index is 1910. The van der Waals surface area contributed by atoms with Crippen molar-refractivity contribution in [1.29, 1.82) is 0 Å². The number of rotatable bonds is 9. The molecule has 6 rings (SSSR count). The molecule has 0 bridgehead atoms. The molecule has 3 heterocycles. The summed E-state index contributed by atoms with van der Waals surface area (Å²) in [5.74, 6) is 0.561. The third kappa shape index (κ3) is 9.65. The largest absolute Gasteiger partial charge is 0.496 e. The molecule has 2 aliphatic carbocycles. The molecule has 14 nitrogen and oxygen atoms in total. The van der Waals surface area contributed by atoms with E-state index in [1.807, 2.05) is 39.0 Å². The second-order valence-electron chi connectivity index (χ2n) is 16.6. The average molecular weight is 784 g/mol. The highest BCUT2D eigenvalue weighted by atomic mass is 32.2. The lowest BCUT2D eigenvalue weighted by Gasteiger charge is -2.31. The van der Waals surface area contributed by atoms with E-state index in [0.717, 1.165) is 30.2 Å². The number of carbonyl (C=O) groups is 3. The van der Waals surface area contributed by atoms with Crippen LogP contribution in [0.2, 0.25) is 0 Å². The third-order valence-corrected chi connectivity index (χ3v) is 12.5. The van der Waals surface area contributed by atoms with Crippen molar-refractivity contribution in [2.45, 2.75) is 140 Å². The SMILES string of the molecule is COc1ccc2c(OC3CC4CNC5(C(=O)NS(=O)(=O)C6CC6)CC5C=CCCCCCC(NC(=O)OC(C)(C)C)C(=O)N4C3)cc(OC(C)C)nc2c1C. The van der Waals surface area contributed by atoms with E-state index < -0.39 is 56.6 Å². The average Bonchev–Trinajstić information content (AvgIpc) is 4.02. The molecule has 1 saturated heterocycles. The molecule has 1 aromatic carbocycles. The minimum atomic E-state index is -3.77. The maximum Gasteiger partial charge on any atom is 0.408 e. The van der Waals surface area contributed by atoms with Crippen molar-refractivity contribution >= 4 is 38.8 Å². The Morgan fingerprint density at radius 3 is 2.55 bits per heavy atom. The summed E-state index contributed by atoms with van der Waals surface area (Å²) < 4.78 is 52.0. The normalized spacial score (nSPS) is 26.3. The van der Waals surface area contributed by atoms with E-state index in [9.17, 15) is 22.8 Å². The summed E-state index contributed by atoms with van der Waals surface area (Å²) in [4.78, 5) is 47.9. The number of allylic oxidation sites excluding steroid dienone is 1. The number of amides is 3. The van der Waals surface area contributed by atoms with E-state index in [2.05, 4.69) is 21.4 Å². The van der Waals surface area contributed by atoms with E-state index in [-0.39, 0.29) is 31.0 Å². The molecule has 2 aliphatic heterocycles. The molecule has 0 radical (unpaired) electrons. The number of aryl methyl sites for hydroxylation is 1. The number of hydrogen-bond acceptors (Lipinski definition) is 11. The van der Waals surface area contributed by atoms with Crippen molar-refractivity contribution in [2.24, 2.45) is 5.92 Å². The number of ether oxygens (including phenoxy) is 4. The molecule has 3 fully saturated rings. The monoisotopic (exact) mass is 783 g/mol. The molecule has 3 N–H and O–H groups in total. The van der Waals surface area contributed by atoms with E-state index >= 15 is 0 Å². The van der Waals surface area contributed by atoms with Crippen LogP contribution in [0.15, 0.2) is 30.4 Å². The number of fused-ring (bicyclic) bond motifs is 3. The van der Waals surface area contributed by atoms with E-state index in [4.69, 9.17) is 23.9 Å². The van der Waals surface area contributed by atoms with Gasteiger partial charge < -0.3 is 34.5 Å². The Kier molecular flexibility index (Phi) is 11.9. The van der Waals surface area contributed by atoms with Crippen LogP contribution in [0.25, 0.3) is 10.9 Å². The predicted octanol–water partition coefficient (Wildman–Crippen LogP) is 5.06. The summed E-state index contributed by atoms with van der Waals surface area (Å²) in [5.41, 5.74) is -0.397. The molecule has 2 saturated carbocycles. The maximum atomic E-state index is 14.6. The molecule has 302 valence electrons. The van der Waals surface area contributed by atoms with Gasteiger partial charge in [-0.1, -0.05) is 25.0 Å². The van der Waals surface area contributed by atoms with Crippen LogP contribution in [0.3, 0.4) is 0 Å². The molecule has 4 aliphatic rings. The van der Waals surface area contributed by atoms with Gasteiger partial charge in [0.2, 0.25) is 21.8 Å². The number of carbonyl (C=O) groups excluding carboxylic acids is 3. The van der Waals surface area contributed by atoms with Crippen LogP contribution in [-0.4, -0.2) is 97.1 Å². The van der Waals surface area contributed by atoms with Crippen molar-refractivity contribution in [3.63, 3.8) is 0 Å². The van der Waals surface area contributed by atoms with Crippen LogP contribution in [0.4, 0.5) is 4.79 Å². The number of aromatic nitrogens is 1.